The monoisotopic (exact) mass is 341 g/mol. The van der Waals surface area contributed by atoms with Crippen molar-refractivity contribution in [3.63, 3.8) is 0 Å². The minimum Gasteiger partial charge on any atom is -0.491 e. The van der Waals surface area contributed by atoms with Crippen LogP contribution < -0.4 is 4.74 Å². The quantitative estimate of drug-likeness (QED) is 0.861. The van der Waals surface area contributed by atoms with Crippen LogP contribution in [0.2, 0.25) is 5.02 Å². The van der Waals surface area contributed by atoms with E-state index in [1.165, 1.54) is 12.1 Å². The summed E-state index contributed by atoms with van der Waals surface area (Å²) in [6.07, 6.45) is 1.29. The van der Waals surface area contributed by atoms with Crippen LogP contribution in [0.5, 0.6) is 5.75 Å². The number of carboxylic acids is 1. The lowest BCUT2D eigenvalue weighted by Crippen LogP contribution is -2.37. The SMILES string of the molecule is CC(C)C1CN(CCOc2ccc(C(=O)O)cc2Cl)CCCO1. The number of ether oxygens (including phenoxy) is 2. The second kappa shape index (κ2) is 8.52. The Bertz CT molecular complexity index is 535. The van der Waals surface area contributed by atoms with Crippen molar-refractivity contribution in [3.05, 3.63) is 28.8 Å². The molecule has 1 N–H and O–H groups in total. The number of hydrogen-bond donors (Lipinski definition) is 1. The largest absolute Gasteiger partial charge is 0.491 e. The van der Waals surface area contributed by atoms with Crippen molar-refractivity contribution in [1.82, 2.24) is 4.90 Å². The molecule has 1 aromatic rings. The van der Waals surface area contributed by atoms with Gasteiger partial charge >= 0.3 is 5.97 Å². The third-order valence-corrected chi connectivity index (χ3v) is 4.27. The molecule has 2 rings (SSSR count). The average molecular weight is 342 g/mol. The summed E-state index contributed by atoms with van der Waals surface area (Å²) in [5, 5.41) is 9.25. The van der Waals surface area contributed by atoms with Gasteiger partial charge in [-0.25, -0.2) is 4.79 Å². The highest BCUT2D eigenvalue weighted by atomic mass is 35.5. The normalized spacial score (nSPS) is 19.6. The van der Waals surface area contributed by atoms with Gasteiger partial charge in [0.25, 0.3) is 0 Å². The average Bonchev–Trinajstić information content (AvgIpc) is 2.74. The molecule has 1 heterocycles. The molecule has 1 aliphatic rings. The number of aromatic carboxylic acids is 1. The van der Waals surface area contributed by atoms with E-state index in [0.717, 1.165) is 32.7 Å². The molecule has 0 radical (unpaired) electrons. The van der Waals surface area contributed by atoms with Gasteiger partial charge in [-0.3, -0.25) is 4.90 Å². The van der Waals surface area contributed by atoms with E-state index >= 15 is 0 Å². The number of nitrogens with zero attached hydrogens (tertiary/aromatic N) is 1. The molecule has 0 saturated carbocycles. The van der Waals surface area contributed by atoms with Gasteiger partial charge < -0.3 is 14.6 Å². The van der Waals surface area contributed by atoms with Crippen molar-refractivity contribution in [2.24, 2.45) is 5.92 Å². The van der Waals surface area contributed by atoms with Crippen LogP contribution in [0.3, 0.4) is 0 Å². The van der Waals surface area contributed by atoms with E-state index in [1.807, 2.05) is 0 Å². The first-order valence-corrected chi connectivity index (χ1v) is 8.34. The molecule has 1 atom stereocenters. The van der Waals surface area contributed by atoms with E-state index in [2.05, 4.69) is 18.7 Å². The van der Waals surface area contributed by atoms with Crippen LogP contribution in [-0.4, -0.2) is 54.9 Å². The second-order valence-corrected chi connectivity index (χ2v) is 6.51. The first kappa shape index (κ1) is 18.0. The molecule has 0 bridgehead atoms. The molecule has 0 aliphatic carbocycles. The van der Waals surface area contributed by atoms with Gasteiger partial charge in [0.15, 0.2) is 0 Å². The Morgan fingerprint density at radius 1 is 1.52 bits per heavy atom. The summed E-state index contributed by atoms with van der Waals surface area (Å²) >= 11 is 6.06. The zero-order valence-electron chi connectivity index (χ0n) is 13.6. The summed E-state index contributed by atoms with van der Waals surface area (Å²) in [5.41, 5.74) is 0.159. The van der Waals surface area contributed by atoms with Crippen molar-refractivity contribution >= 4 is 17.6 Å². The van der Waals surface area contributed by atoms with Gasteiger partial charge in [0.05, 0.1) is 16.7 Å². The number of halogens is 1. The molecular weight excluding hydrogens is 318 g/mol. The van der Waals surface area contributed by atoms with E-state index in [4.69, 9.17) is 26.2 Å². The molecule has 0 aromatic heterocycles. The van der Waals surface area contributed by atoms with Crippen LogP contribution in [0.1, 0.15) is 30.6 Å². The molecule has 23 heavy (non-hydrogen) atoms. The van der Waals surface area contributed by atoms with Crippen molar-refractivity contribution < 1.29 is 19.4 Å². The van der Waals surface area contributed by atoms with E-state index < -0.39 is 5.97 Å². The Morgan fingerprint density at radius 2 is 2.30 bits per heavy atom. The molecule has 1 aromatic carbocycles. The molecule has 0 amide bonds. The lowest BCUT2D eigenvalue weighted by Gasteiger charge is -2.25. The van der Waals surface area contributed by atoms with Gasteiger partial charge in [-0.15, -0.1) is 0 Å². The molecule has 5 nitrogen and oxygen atoms in total. The highest BCUT2D eigenvalue weighted by molar-refractivity contribution is 6.32. The topological polar surface area (TPSA) is 59.0 Å². The predicted octanol–water partition coefficient (Wildman–Crippen LogP) is 3.16. The van der Waals surface area contributed by atoms with Crippen molar-refractivity contribution in [2.45, 2.75) is 26.4 Å². The smallest absolute Gasteiger partial charge is 0.335 e. The Hall–Kier alpha value is -1.30. The first-order chi connectivity index (χ1) is 11.0. The summed E-state index contributed by atoms with van der Waals surface area (Å²) in [7, 11) is 0. The maximum absolute atomic E-state index is 10.9. The van der Waals surface area contributed by atoms with Crippen LogP contribution in [0, 0.1) is 5.92 Å². The molecule has 1 aliphatic heterocycles. The summed E-state index contributed by atoms with van der Waals surface area (Å²) in [6.45, 7) is 8.37. The van der Waals surface area contributed by atoms with Crippen molar-refractivity contribution in [1.29, 1.82) is 0 Å². The summed E-state index contributed by atoms with van der Waals surface area (Å²) in [5.74, 6) is 0.0143. The predicted molar refractivity (Wildman–Crippen MR) is 89.5 cm³/mol. The van der Waals surface area contributed by atoms with E-state index in [0.29, 0.717) is 23.3 Å². The minimum absolute atomic E-state index is 0.159. The Kier molecular flexibility index (Phi) is 6.69. The Balaban J connectivity index is 1.85. The van der Waals surface area contributed by atoms with Crippen LogP contribution in [0.25, 0.3) is 0 Å². The van der Waals surface area contributed by atoms with E-state index in [1.54, 1.807) is 6.07 Å². The maximum atomic E-state index is 10.9. The molecular formula is C17H24ClNO4. The summed E-state index contributed by atoms with van der Waals surface area (Å²) in [6, 6.07) is 4.51. The lowest BCUT2D eigenvalue weighted by molar-refractivity contribution is 0.0218. The number of rotatable bonds is 6. The number of carbonyl (C=O) groups is 1. The van der Waals surface area contributed by atoms with Gasteiger partial charge in [0, 0.05) is 26.2 Å². The Morgan fingerprint density at radius 3 is 2.96 bits per heavy atom. The van der Waals surface area contributed by atoms with Gasteiger partial charge in [-0.1, -0.05) is 25.4 Å². The molecule has 1 unspecified atom stereocenters. The summed E-state index contributed by atoms with van der Waals surface area (Å²) < 4.78 is 11.6. The highest BCUT2D eigenvalue weighted by Gasteiger charge is 2.21. The van der Waals surface area contributed by atoms with Crippen LogP contribution >= 0.6 is 11.6 Å². The number of hydrogen-bond acceptors (Lipinski definition) is 4. The third kappa shape index (κ3) is 5.37. The fourth-order valence-corrected chi connectivity index (χ4v) is 2.80. The molecule has 1 saturated heterocycles. The van der Waals surface area contributed by atoms with Gasteiger partial charge in [-0.05, 0) is 30.5 Å². The van der Waals surface area contributed by atoms with Crippen LogP contribution in [-0.2, 0) is 4.74 Å². The molecule has 1 fully saturated rings. The van der Waals surface area contributed by atoms with Gasteiger partial charge in [0.2, 0.25) is 0 Å². The maximum Gasteiger partial charge on any atom is 0.335 e. The van der Waals surface area contributed by atoms with E-state index in [-0.39, 0.29) is 11.7 Å². The second-order valence-electron chi connectivity index (χ2n) is 6.11. The van der Waals surface area contributed by atoms with Gasteiger partial charge in [0.1, 0.15) is 12.4 Å². The van der Waals surface area contributed by atoms with Crippen molar-refractivity contribution in [2.75, 3.05) is 32.8 Å². The number of carboxylic acid groups (broad SMARTS) is 1. The van der Waals surface area contributed by atoms with Crippen LogP contribution in [0.4, 0.5) is 0 Å². The van der Waals surface area contributed by atoms with Crippen LogP contribution in [0.15, 0.2) is 18.2 Å². The fraction of sp³-hybridized carbons (Fsp3) is 0.588. The standard InChI is InChI=1S/C17H24ClNO4/c1-12(2)16-11-19(6-3-8-22-16)7-9-23-15-5-4-13(17(20)21)10-14(15)18/h4-5,10,12,16H,3,6-9,11H2,1-2H3,(H,20,21). The fourth-order valence-electron chi connectivity index (χ4n) is 2.56. The highest BCUT2D eigenvalue weighted by Crippen LogP contribution is 2.25. The van der Waals surface area contributed by atoms with E-state index in [9.17, 15) is 4.79 Å². The minimum atomic E-state index is -0.997. The summed E-state index contributed by atoms with van der Waals surface area (Å²) in [4.78, 5) is 13.2. The Labute approximate surface area is 142 Å². The van der Waals surface area contributed by atoms with Crippen molar-refractivity contribution in [3.8, 4) is 5.75 Å². The first-order valence-electron chi connectivity index (χ1n) is 7.97. The molecule has 6 heteroatoms. The third-order valence-electron chi connectivity index (χ3n) is 3.98. The zero-order chi connectivity index (χ0) is 16.8. The van der Waals surface area contributed by atoms with Gasteiger partial charge in [-0.2, -0.15) is 0 Å². The molecule has 128 valence electrons. The lowest BCUT2D eigenvalue weighted by atomic mass is 10.1. The number of benzene rings is 1. The molecule has 0 spiro atoms. The zero-order valence-corrected chi connectivity index (χ0v) is 14.4.